The summed E-state index contributed by atoms with van der Waals surface area (Å²) in [6.45, 7) is 2.61. The molecular formula is C14H19N3S. The van der Waals surface area contributed by atoms with Gasteiger partial charge < -0.3 is 10.6 Å². The zero-order chi connectivity index (χ0) is 13.1. The predicted octanol–water partition coefficient (Wildman–Crippen LogP) is 2.61. The van der Waals surface area contributed by atoms with E-state index in [-0.39, 0.29) is 5.92 Å². The highest BCUT2D eigenvalue weighted by atomic mass is 32.1. The molecular weight excluding hydrogens is 242 g/mol. The molecule has 1 aromatic carbocycles. The smallest absolute Gasteiger partial charge is 0.102 e. The molecule has 2 N–H and O–H groups in total. The second-order valence-corrected chi connectivity index (χ2v) is 5.49. The van der Waals surface area contributed by atoms with Crippen LogP contribution in [-0.2, 0) is 0 Å². The van der Waals surface area contributed by atoms with Gasteiger partial charge in [-0.1, -0.05) is 12.1 Å². The molecule has 0 fully saturated rings. The van der Waals surface area contributed by atoms with Gasteiger partial charge in [0.2, 0.25) is 0 Å². The topological polar surface area (TPSA) is 42.1 Å². The Hall–Kier alpha value is -1.39. The Balaban J connectivity index is 2.28. The first kappa shape index (κ1) is 13.1. The van der Waals surface area contributed by atoms with E-state index in [2.05, 4.69) is 39.5 Å². The summed E-state index contributed by atoms with van der Waals surface area (Å²) in [6, 6.07) is 8.53. The van der Waals surface area contributed by atoms with Crippen molar-refractivity contribution in [1.29, 1.82) is 0 Å². The van der Waals surface area contributed by atoms with Crippen molar-refractivity contribution in [2.24, 2.45) is 5.73 Å². The molecule has 0 spiro atoms. The van der Waals surface area contributed by atoms with E-state index in [1.165, 1.54) is 11.3 Å². The van der Waals surface area contributed by atoms with Crippen LogP contribution in [0.5, 0.6) is 0 Å². The molecule has 18 heavy (non-hydrogen) atoms. The summed E-state index contributed by atoms with van der Waals surface area (Å²) < 4.78 is 0. The van der Waals surface area contributed by atoms with Crippen LogP contribution in [-0.4, -0.2) is 25.6 Å². The van der Waals surface area contributed by atoms with E-state index in [1.54, 1.807) is 11.3 Å². The molecule has 0 bridgehead atoms. The van der Waals surface area contributed by atoms with Gasteiger partial charge in [0.05, 0.1) is 0 Å². The van der Waals surface area contributed by atoms with Gasteiger partial charge in [0.1, 0.15) is 5.01 Å². The molecule has 1 aromatic heterocycles. The highest BCUT2D eigenvalue weighted by molar-refractivity contribution is 7.09. The quantitative estimate of drug-likeness (QED) is 0.920. The number of nitrogens with zero attached hydrogens (tertiary/aromatic N) is 2. The van der Waals surface area contributed by atoms with Crippen molar-refractivity contribution in [1.82, 2.24) is 4.98 Å². The van der Waals surface area contributed by atoms with Gasteiger partial charge in [-0.05, 0) is 24.6 Å². The van der Waals surface area contributed by atoms with E-state index >= 15 is 0 Å². The summed E-state index contributed by atoms with van der Waals surface area (Å²) in [7, 11) is 4.08. The second kappa shape index (κ2) is 5.50. The summed E-state index contributed by atoms with van der Waals surface area (Å²) in [5.41, 5.74) is 9.40. The fraction of sp³-hybridized carbons (Fsp3) is 0.357. The molecule has 0 aliphatic rings. The Morgan fingerprint density at radius 1 is 1.28 bits per heavy atom. The fourth-order valence-electron chi connectivity index (χ4n) is 1.92. The van der Waals surface area contributed by atoms with Crippen LogP contribution in [0.2, 0.25) is 0 Å². The number of benzene rings is 1. The number of anilines is 1. The Kier molecular flexibility index (Phi) is 3.99. The van der Waals surface area contributed by atoms with Crippen LogP contribution in [0.4, 0.5) is 5.69 Å². The number of hydrogen-bond donors (Lipinski definition) is 1. The van der Waals surface area contributed by atoms with Gasteiger partial charge >= 0.3 is 0 Å². The van der Waals surface area contributed by atoms with E-state index in [0.717, 1.165) is 10.7 Å². The van der Waals surface area contributed by atoms with E-state index in [0.29, 0.717) is 6.54 Å². The summed E-state index contributed by atoms with van der Waals surface area (Å²) >= 11 is 1.69. The third-order valence-corrected chi connectivity index (χ3v) is 4.06. The van der Waals surface area contributed by atoms with Crippen molar-refractivity contribution in [3.8, 4) is 0 Å². The van der Waals surface area contributed by atoms with E-state index in [9.17, 15) is 0 Å². The highest BCUT2D eigenvalue weighted by Crippen LogP contribution is 2.27. The van der Waals surface area contributed by atoms with Crippen LogP contribution in [0.25, 0.3) is 0 Å². The summed E-state index contributed by atoms with van der Waals surface area (Å²) in [6.07, 6.45) is 0. The lowest BCUT2D eigenvalue weighted by Crippen LogP contribution is -2.14. The number of nitrogens with two attached hydrogens (primary N) is 1. The first-order chi connectivity index (χ1) is 8.61. The molecule has 0 amide bonds. The summed E-state index contributed by atoms with van der Waals surface area (Å²) in [5, 5.41) is 3.18. The lowest BCUT2D eigenvalue weighted by molar-refractivity contribution is 0.806. The van der Waals surface area contributed by atoms with Gasteiger partial charge in [0.15, 0.2) is 0 Å². The molecule has 0 aliphatic heterocycles. The second-order valence-electron chi connectivity index (χ2n) is 4.60. The zero-order valence-corrected chi connectivity index (χ0v) is 11.9. The van der Waals surface area contributed by atoms with Crippen LogP contribution in [0.15, 0.2) is 29.6 Å². The molecule has 0 aliphatic carbocycles. The lowest BCUT2D eigenvalue weighted by atomic mass is 9.99. The SMILES string of the molecule is Cc1csc(C(CN)c2ccc(N(C)C)cc2)n1. The van der Waals surface area contributed by atoms with Gasteiger partial charge in [0.25, 0.3) is 0 Å². The van der Waals surface area contributed by atoms with Crippen molar-refractivity contribution in [3.63, 3.8) is 0 Å². The summed E-state index contributed by atoms with van der Waals surface area (Å²) in [4.78, 5) is 6.64. The van der Waals surface area contributed by atoms with E-state index in [1.807, 2.05) is 21.0 Å². The minimum absolute atomic E-state index is 0.208. The number of hydrogen-bond acceptors (Lipinski definition) is 4. The van der Waals surface area contributed by atoms with Crippen LogP contribution in [0, 0.1) is 6.92 Å². The van der Waals surface area contributed by atoms with Crippen molar-refractivity contribution in [2.75, 3.05) is 25.5 Å². The van der Waals surface area contributed by atoms with Gasteiger partial charge in [-0.3, -0.25) is 0 Å². The first-order valence-electron chi connectivity index (χ1n) is 6.01. The molecule has 4 heteroatoms. The van der Waals surface area contributed by atoms with Gasteiger partial charge in [-0.25, -0.2) is 4.98 Å². The minimum atomic E-state index is 0.208. The van der Waals surface area contributed by atoms with Gasteiger partial charge in [-0.2, -0.15) is 0 Å². The Morgan fingerprint density at radius 2 is 1.94 bits per heavy atom. The van der Waals surface area contributed by atoms with Crippen LogP contribution >= 0.6 is 11.3 Å². The predicted molar refractivity (Wildman–Crippen MR) is 78.5 cm³/mol. The molecule has 1 unspecified atom stereocenters. The lowest BCUT2D eigenvalue weighted by Gasteiger charge is -2.16. The fourth-order valence-corrected chi connectivity index (χ4v) is 2.85. The maximum absolute atomic E-state index is 5.90. The first-order valence-corrected chi connectivity index (χ1v) is 6.89. The third kappa shape index (κ3) is 2.71. The molecule has 0 saturated carbocycles. The average Bonchev–Trinajstić information content (AvgIpc) is 2.77. The molecule has 3 nitrogen and oxygen atoms in total. The van der Waals surface area contributed by atoms with E-state index in [4.69, 9.17) is 5.73 Å². The van der Waals surface area contributed by atoms with Crippen molar-refractivity contribution in [3.05, 3.63) is 45.9 Å². The van der Waals surface area contributed by atoms with Crippen molar-refractivity contribution < 1.29 is 0 Å². The van der Waals surface area contributed by atoms with Crippen LogP contribution < -0.4 is 10.6 Å². The minimum Gasteiger partial charge on any atom is -0.378 e. The third-order valence-electron chi connectivity index (χ3n) is 2.98. The maximum Gasteiger partial charge on any atom is 0.102 e. The Bertz CT molecular complexity index is 502. The number of aryl methyl sites for hydroxylation is 1. The highest BCUT2D eigenvalue weighted by Gasteiger charge is 2.15. The monoisotopic (exact) mass is 261 g/mol. The molecule has 2 rings (SSSR count). The van der Waals surface area contributed by atoms with Crippen molar-refractivity contribution >= 4 is 17.0 Å². The number of rotatable bonds is 4. The molecule has 1 heterocycles. The van der Waals surface area contributed by atoms with Gasteiger partial charge in [-0.15, -0.1) is 11.3 Å². The van der Waals surface area contributed by atoms with E-state index < -0.39 is 0 Å². The number of aromatic nitrogens is 1. The van der Waals surface area contributed by atoms with Crippen LogP contribution in [0.1, 0.15) is 22.2 Å². The maximum atomic E-state index is 5.90. The Labute approximate surface area is 112 Å². The molecule has 0 radical (unpaired) electrons. The molecule has 0 saturated heterocycles. The summed E-state index contributed by atoms with van der Waals surface area (Å²) in [5.74, 6) is 0.208. The van der Waals surface area contributed by atoms with Crippen LogP contribution in [0.3, 0.4) is 0 Å². The van der Waals surface area contributed by atoms with Crippen molar-refractivity contribution in [2.45, 2.75) is 12.8 Å². The largest absolute Gasteiger partial charge is 0.378 e. The number of thiazole rings is 1. The molecule has 2 aromatic rings. The zero-order valence-electron chi connectivity index (χ0n) is 11.1. The normalized spacial score (nSPS) is 12.4. The van der Waals surface area contributed by atoms with Gasteiger partial charge in [0, 0.05) is 43.3 Å². The average molecular weight is 261 g/mol. The Morgan fingerprint density at radius 3 is 2.39 bits per heavy atom. The molecule has 96 valence electrons. The standard InChI is InChI=1S/C14H19N3S/c1-10-9-18-14(16-10)13(8-15)11-4-6-12(7-5-11)17(2)3/h4-7,9,13H,8,15H2,1-3H3. The molecule has 1 atom stereocenters.